The molecule has 1 atom stereocenters. The van der Waals surface area contributed by atoms with Crippen LogP contribution in [0.2, 0.25) is 0 Å². The second-order valence-electron chi connectivity index (χ2n) is 5.85. The zero-order valence-corrected chi connectivity index (χ0v) is 12.6. The number of ether oxygens (including phenoxy) is 1. The Morgan fingerprint density at radius 1 is 1.27 bits per heavy atom. The van der Waals surface area contributed by atoms with Crippen LogP contribution in [0.3, 0.4) is 0 Å². The van der Waals surface area contributed by atoms with E-state index in [2.05, 4.69) is 5.32 Å². The summed E-state index contributed by atoms with van der Waals surface area (Å²) in [5, 5.41) is 2.30. The van der Waals surface area contributed by atoms with Gasteiger partial charge in [-0.15, -0.1) is 0 Å². The summed E-state index contributed by atoms with van der Waals surface area (Å²) in [7, 11) is 0. The Balaban J connectivity index is 1.88. The van der Waals surface area contributed by atoms with Crippen molar-refractivity contribution in [2.75, 3.05) is 0 Å². The molecule has 1 saturated heterocycles. The van der Waals surface area contributed by atoms with Crippen molar-refractivity contribution in [2.45, 2.75) is 45.4 Å². The molecule has 2 aliphatic rings. The molecule has 0 spiro atoms. The lowest BCUT2D eigenvalue weighted by atomic mass is 10.0. The number of piperidine rings is 1. The molecule has 1 N–H and O–H groups in total. The van der Waals surface area contributed by atoms with Gasteiger partial charge in [-0.2, -0.15) is 0 Å². The molecule has 0 bridgehead atoms. The molecule has 1 aromatic rings. The lowest BCUT2D eigenvalue weighted by Crippen LogP contribution is -2.52. The van der Waals surface area contributed by atoms with Crippen molar-refractivity contribution in [3.63, 3.8) is 0 Å². The minimum absolute atomic E-state index is 0.00579. The second-order valence-corrected chi connectivity index (χ2v) is 5.85. The smallest absolute Gasteiger partial charge is 0.255 e. The van der Waals surface area contributed by atoms with Gasteiger partial charge in [0.2, 0.25) is 11.8 Å². The quantitative estimate of drug-likeness (QED) is 0.852. The van der Waals surface area contributed by atoms with Crippen molar-refractivity contribution in [2.24, 2.45) is 0 Å². The minimum atomic E-state index is -0.593. The molecule has 1 fully saturated rings. The highest BCUT2D eigenvalue weighted by Gasteiger charge is 2.40. The average molecular weight is 302 g/mol. The van der Waals surface area contributed by atoms with Crippen LogP contribution in [0.25, 0.3) is 0 Å². The molecule has 3 amide bonds. The summed E-state index contributed by atoms with van der Waals surface area (Å²) < 4.78 is 5.75. The molecule has 0 radical (unpaired) electrons. The zero-order valence-electron chi connectivity index (χ0n) is 12.6. The fraction of sp³-hybridized carbons (Fsp3) is 0.438. The topological polar surface area (TPSA) is 75.7 Å². The van der Waals surface area contributed by atoms with Crippen LogP contribution in [0.5, 0.6) is 5.75 Å². The monoisotopic (exact) mass is 302 g/mol. The maximum Gasteiger partial charge on any atom is 0.255 e. The number of carbonyl (C=O) groups excluding carboxylic acids is 3. The van der Waals surface area contributed by atoms with E-state index >= 15 is 0 Å². The summed E-state index contributed by atoms with van der Waals surface area (Å²) in [5.41, 5.74) is 1.38. The molecule has 0 aromatic heterocycles. The van der Waals surface area contributed by atoms with Gasteiger partial charge in [0.15, 0.2) is 0 Å². The molecule has 2 heterocycles. The number of nitrogens with one attached hydrogen (secondary N) is 1. The average Bonchev–Trinajstić information content (AvgIpc) is 2.77. The van der Waals surface area contributed by atoms with Crippen LogP contribution in [-0.2, 0) is 16.1 Å². The zero-order chi connectivity index (χ0) is 15.9. The van der Waals surface area contributed by atoms with Gasteiger partial charge in [0, 0.05) is 17.5 Å². The molecule has 3 rings (SSSR count). The Labute approximate surface area is 128 Å². The van der Waals surface area contributed by atoms with Crippen molar-refractivity contribution in [3.8, 4) is 5.75 Å². The van der Waals surface area contributed by atoms with Gasteiger partial charge < -0.3 is 9.64 Å². The first-order valence-corrected chi connectivity index (χ1v) is 7.40. The van der Waals surface area contributed by atoms with Crippen molar-refractivity contribution in [1.29, 1.82) is 0 Å². The number of rotatable bonds is 3. The molecule has 6 nitrogen and oxygen atoms in total. The highest BCUT2D eigenvalue weighted by Crippen LogP contribution is 2.33. The maximum absolute atomic E-state index is 12.6. The molecule has 2 aliphatic heterocycles. The Morgan fingerprint density at radius 2 is 2.05 bits per heavy atom. The molecular weight excluding hydrogens is 284 g/mol. The van der Waals surface area contributed by atoms with Gasteiger partial charge in [0.05, 0.1) is 12.6 Å². The molecule has 0 aliphatic carbocycles. The molecule has 0 saturated carbocycles. The number of imide groups is 1. The van der Waals surface area contributed by atoms with Crippen molar-refractivity contribution >= 4 is 17.7 Å². The Bertz CT molecular complexity index is 654. The van der Waals surface area contributed by atoms with Gasteiger partial charge in [0.25, 0.3) is 5.91 Å². The predicted octanol–water partition coefficient (Wildman–Crippen LogP) is 1.23. The fourth-order valence-corrected chi connectivity index (χ4v) is 2.92. The SMILES string of the molecule is CC(C)Oc1cccc2c1CN(C1CCC(=O)NC1=O)C2=O. The van der Waals surface area contributed by atoms with Crippen LogP contribution in [0, 0.1) is 0 Å². The van der Waals surface area contributed by atoms with Crippen LogP contribution in [0.15, 0.2) is 18.2 Å². The number of nitrogens with zero attached hydrogens (tertiary/aromatic N) is 1. The van der Waals surface area contributed by atoms with Crippen molar-refractivity contribution in [1.82, 2.24) is 10.2 Å². The molecule has 1 aromatic carbocycles. The fourth-order valence-electron chi connectivity index (χ4n) is 2.92. The number of hydrogen-bond acceptors (Lipinski definition) is 4. The van der Waals surface area contributed by atoms with E-state index < -0.39 is 11.9 Å². The van der Waals surface area contributed by atoms with E-state index in [4.69, 9.17) is 4.74 Å². The Kier molecular flexibility index (Phi) is 3.60. The van der Waals surface area contributed by atoms with Gasteiger partial charge in [-0.1, -0.05) is 6.07 Å². The second kappa shape index (κ2) is 5.44. The Morgan fingerprint density at radius 3 is 2.73 bits per heavy atom. The highest BCUT2D eigenvalue weighted by molar-refractivity contribution is 6.05. The number of fused-ring (bicyclic) bond motifs is 1. The van der Waals surface area contributed by atoms with E-state index in [9.17, 15) is 14.4 Å². The van der Waals surface area contributed by atoms with Crippen LogP contribution in [0.1, 0.15) is 42.6 Å². The summed E-state index contributed by atoms with van der Waals surface area (Å²) in [5.74, 6) is -0.188. The van der Waals surface area contributed by atoms with E-state index in [1.165, 1.54) is 4.90 Å². The van der Waals surface area contributed by atoms with Gasteiger partial charge >= 0.3 is 0 Å². The van der Waals surface area contributed by atoms with Crippen LogP contribution in [-0.4, -0.2) is 34.8 Å². The third kappa shape index (κ3) is 2.45. The minimum Gasteiger partial charge on any atom is -0.491 e. The van der Waals surface area contributed by atoms with E-state index in [-0.39, 0.29) is 24.3 Å². The highest BCUT2D eigenvalue weighted by atomic mass is 16.5. The van der Waals surface area contributed by atoms with E-state index in [0.29, 0.717) is 24.3 Å². The molecule has 1 unspecified atom stereocenters. The lowest BCUT2D eigenvalue weighted by Gasteiger charge is -2.29. The lowest BCUT2D eigenvalue weighted by molar-refractivity contribution is -0.136. The van der Waals surface area contributed by atoms with Gasteiger partial charge in [-0.3, -0.25) is 19.7 Å². The number of hydrogen-bond donors (Lipinski definition) is 1. The van der Waals surface area contributed by atoms with Crippen LogP contribution < -0.4 is 10.1 Å². The number of carbonyl (C=O) groups is 3. The van der Waals surface area contributed by atoms with Crippen LogP contribution in [0.4, 0.5) is 0 Å². The first kappa shape index (κ1) is 14.6. The van der Waals surface area contributed by atoms with Crippen molar-refractivity contribution < 1.29 is 19.1 Å². The third-order valence-corrected chi connectivity index (χ3v) is 3.90. The summed E-state index contributed by atoms with van der Waals surface area (Å²) in [6.07, 6.45) is 0.627. The largest absolute Gasteiger partial charge is 0.491 e. The standard InChI is InChI=1S/C16H18N2O4/c1-9(2)22-13-5-3-4-10-11(13)8-18(16(10)21)12-6-7-14(19)17-15(12)20/h3-5,9,12H,6-8H2,1-2H3,(H,17,19,20). The summed E-state index contributed by atoms with van der Waals surface area (Å²) in [6, 6.07) is 4.77. The molecule has 116 valence electrons. The first-order chi connectivity index (χ1) is 10.5. The molecular formula is C16H18N2O4. The third-order valence-electron chi connectivity index (χ3n) is 3.90. The normalized spacial score (nSPS) is 21.1. The first-order valence-electron chi connectivity index (χ1n) is 7.40. The summed E-state index contributed by atoms with van der Waals surface area (Å²) in [6.45, 7) is 4.19. The molecule has 6 heteroatoms. The summed E-state index contributed by atoms with van der Waals surface area (Å²) in [4.78, 5) is 37.3. The van der Waals surface area contributed by atoms with Gasteiger partial charge in [-0.25, -0.2) is 0 Å². The van der Waals surface area contributed by atoms with E-state index in [1.54, 1.807) is 12.1 Å². The van der Waals surface area contributed by atoms with E-state index in [1.807, 2.05) is 19.9 Å². The van der Waals surface area contributed by atoms with Gasteiger partial charge in [0.1, 0.15) is 11.8 Å². The predicted molar refractivity (Wildman–Crippen MR) is 78.3 cm³/mol. The van der Waals surface area contributed by atoms with Crippen LogP contribution >= 0.6 is 0 Å². The maximum atomic E-state index is 12.6. The Hall–Kier alpha value is -2.37. The van der Waals surface area contributed by atoms with Gasteiger partial charge in [-0.05, 0) is 32.4 Å². The van der Waals surface area contributed by atoms with Crippen molar-refractivity contribution in [3.05, 3.63) is 29.3 Å². The number of benzene rings is 1. The van der Waals surface area contributed by atoms with E-state index in [0.717, 1.165) is 5.56 Å². The number of amides is 3. The summed E-state index contributed by atoms with van der Waals surface area (Å²) >= 11 is 0. The molecule has 22 heavy (non-hydrogen) atoms.